The molecule has 0 unspecified atom stereocenters. The van der Waals surface area contributed by atoms with Gasteiger partial charge in [-0.2, -0.15) is 13.5 Å². The fourth-order valence-corrected chi connectivity index (χ4v) is 8.30. The van der Waals surface area contributed by atoms with Gasteiger partial charge >= 0.3 is 5.97 Å². The molecular formula is C48H67N13O13S. The van der Waals surface area contributed by atoms with Crippen LogP contribution in [0.4, 0.5) is 5.82 Å². The summed E-state index contributed by atoms with van der Waals surface area (Å²) in [5.41, 5.74) is 13.9. The fraction of sp³-hybridized carbons (Fsp3) is 0.438. The van der Waals surface area contributed by atoms with Crippen LogP contribution in [0.3, 0.4) is 0 Å². The Balaban J connectivity index is 0.0000148. The lowest BCUT2D eigenvalue weighted by molar-refractivity contribution is -0.144. The summed E-state index contributed by atoms with van der Waals surface area (Å²) in [5.74, 6) is -6.66. The number of hydrogen-bond donors (Lipinski definition) is 11. The first-order valence-corrected chi connectivity index (χ1v) is 25.2. The first-order chi connectivity index (χ1) is 35.2. The Kier molecular flexibility index (Phi) is 24.9. The molecule has 1 saturated heterocycles. The number of hydrogen-bond acceptors (Lipinski definition) is 16. The quantitative estimate of drug-likeness (QED) is 0.0272. The minimum atomic E-state index is -4.50. The van der Waals surface area contributed by atoms with Gasteiger partial charge in [0.25, 0.3) is 21.9 Å². The van der Waals surface area contributed by atoms with E-state index in [1.807, 2.05) is 32.0 Å². The summed E-state index contributed by atoms with van der Waals surface area (Å²) in [7, 11) is -4.50. The van der Waals surface area contributed by atoms with Crippen LogP contribution in [-0.2, 0) is 54.9 Å². The topological polar surface area (TPSA) is 405 Å². The largest absolute Gasteiger partial charge is 0.481 e. The Morgan fingerprint density at radius 3 is 2.21 bits per heavy atom. The second-order valence-electron chi connectivity index (χ2n) is 17.6. The Bertz CT molecular complexity index is 2600. The molecule has 2 heterocycles. The average molecular weight is 1070 g/mol. The summed E-state index contributed by atoms with van der Waals surface area (Å²) in [4.78, 5) is 124. The number of carboxylic acids is 1. The Hall–Kier alpha value is -7.88. The molecule has 2 aromatic carbocycles. The minimum absolute atomic E-state index is 0. The predicted molar refractivity (Wildman–Crippen MR) is 273 cm³/mol. The molecule has 0 saturated carbocycles. The van der Waals surface area contributed by atoms with Crippen LogP contribution in [0.25, 0.3) is 0 Å². The van der Waals surface area contributed by atoms with E-state index in [9.17, 15) is 56.1 Å². The number of benzene rings is 2. The van der Waals surface area contributed by atoms with E-state index in [1.165, 1.54) is 48.4 Å². The van der Waals surface area contributed by atoms with E-state index < -0.39 is 101 Å². The van der Waals surface area contributed by atoms with E-state index in [-0.39, 0.29) is 85.6 Å². The maximum absolute atomic E-state index is 14.0. The van der Waals surface area contributed by atoms with Crippen LogP contribution in [0.1, 0.15) is 87.2 Å². The number of carboxylic acid groups (broad SMARTS) is 1. The molecule has 27 heteroatoms. The third-order valence-corrected chi connectivity index (χ3v) is 12.4. The number of likely N-dealkylation sites (tertiary alicyclic amines) is 1. The van der Waals surface area contributed by atoms with Gasteiger partial charge in [-0.25, -0.2) is 4.98 Å². The molecule has 1 aromatic heterocycles. The van der Waals surface area contributed by atoms with Crippen molar-refractivity contribution < 1.29 is 61.2 Å². The van der Waals surface area contributed by atoms with E-state index >= 15 is 0 Å². The number of hydrazine groups is 1. The summed E-state index contributed by atoms with van der Waals surface area (Å²) < 4.78 is 32.8. The summed E-state index contributed by atoms with van der Waals surface area (Å²) >= 11 is 0. The number of rotatable bonds is 27. The second-order valence-corrected chi connectivity index (χ2v) is 19.0. The van der Waals surface area contributed by atoms with E-state index in [0.29, 0.717) is 19.3 Å². The molecule has 0 spiro atoms. The molecule has 408 valence electrons. The van der Waals surface area contributed by atoms with Crippen LogP contribution in [0.5, 0.6) is 0 Å². The third-order valence-electron chi connectivity index (χ3n) is 11.5. The summed E-state index contributed by atoms with van der Waals surface area (Å²) in [5, 5.41) is 23.5. The Morgan fingerprint density at radius 1 is 0.880 bits per heavy atom. The molecule has 4 atom stereocenters. The highest BCUT2D eigenvalue weighted by Gasteiger charge is 2.37. The summed E-state index contributed by atoms with van der Waals surface area (Å²) in [6.45, 7) is 3.91. The number of aryl methyl sites for hydroxylation is 1. The lowest BCUT2D eigenvalue weighted by Gasteiger charge is -2.29. The summed E-state index contributed by atoms with van der Waals surface area (Å²) in [6, 6.07) is 12.9. The van der Waals surface area contributed by atoms with E-state index in [2.05, 4.69) is 47.6 Å². The number of nitrogens with two attached hydrogens (primary N) is 1. The highest BCUT2D eigenvalue weighted by molar-refractivity contribution is 7.86. The van der Waals surface area contributed by atoms with Crippen molar-refractivity contribution in [1.82, 2.24) is 53.1 Å². The molecule has 1 fully saturated rings. The number of amides is 8. The van der Waals surface area contributed by atoms with Crippen LogP contribution >= 0.6 is 0 Å². The smallest absolute Gasteiger partial charge is 0.305 e. The van der Waals surface area contributed by atoms with Crippen molar-refractivity contribution in [2.45, 2.75) is 101 Å². The van der Waals surface area contributed by atoms with E-state index in [4.69, 9.17) is 10.8 Å². The van der Waals surface area contributed by atoms with Gasteiger partial charge in [0.15, 0.2) is 0 Å². The number of hydrazone groups is 1. The van der Waals surface area contributed by atoms with Gasteiger partial charge in [0, 0.05) is 31.8 Å². The maximum atomic E-state index is 14.0. The number of pyridine rings is 1. The molecule has 4 rings (SSSR count). The van der Waals surface area contributed by atoms with Crippen molar-refractivity contribution in [2.75, 3.05) is 38.1 Å². The third kappa shape index (κ3) is 20.5. The number of carbonyl (C=O) groups excluding carboxylic acids is 8. The highest BCUT2D eigenvalue weighted by atomic mass is 32.2. The molecule has 0 bridgehead atoms. The Morgan fingerprint density at radius 2 is 1.57 bits per heavy atom. The lowest BCUT2D eigenvalue weighted by Crippen LogP contribution is -2.57. The lowest BCUT2D eigenvalue weighted by atomic mass is 10.0. The fourth-order valence-electron chi connectivity index (χ4n) is 7.63. The maximum Gasteiger partial charge on any atom is 0.305 e. The van der Waals surface area contributed by atoms with Gasteiger partial charge in [0.1, 0.15) is 34.9 Å². The van der Waals surface area contributed by atoms with Crippen LogP contribution in [0, 0.1) is 5.92 Å². The van der Waals surface area contributed by atoms with Crippen LogP contribution in [-0.4, -0.2) is 149 Å². The zero-order valence-electron chi connectivity index (χ0n) is 42.0. The van der Waals surface area contributed by atoms with Gasteiger partial charge < -0.3 is 48.1 Å². The molecule has 3 aromatic rings. The molecule has 1 aliphatic rings. The highest BCUT2D eigenvalue weighted by Crippen LogP contribution is 2.19. The van der Waals surface area contributed by atoms with Gasteiger partial charge in [0.05, 0.1) is 31.3 Å². The summed E-state index contributed by atoms with van der Waals surface area (Å²) in [6.07, 6.45) is 3.55. The average Bonchev–Trinajstić information content (AvgIpc) is 3.87. The number of nitrogens with zero attached hydrogens (tertiary/aromatic N) is 4. The minimum Gasteiger partial charge on any atom is -0.481 e. The van der Waals surface area contributed by atoms with Gasteiger partial charge in [-0.15, -0.1) is 0 Å². The Labute approximate surface area is 434 Å². The molecule has 8 amide bonds. The molecule has 0 aliphatic carbocycles. The van der Waals surface area contributed by atoms with Crippen LogP contribution < -0.4 is 49.4 Å². The van der Waals surface area contributed by atoms with Gasteiger partial charge in [-0.3, -0.25) is 64.0 Å². The van der Waals surface area contributed by atoms with Gasteiger partial charge in [-0.05, 0) is 81.2 Å². The predicted octanol–water partition coefficient (Wildman–Crippen LogP) is -0.000100. The number of aromatic nitrogens is 1. The van der Waals surface area contributed by atoms with Crippen LogP contribution in [0.2, 0.25) is 0 Å². The van der Waals surface area contributed by atoms with Crippen molar-refractivity contribution >= 4 is 75.4 Å². The molecule has 14 N–H and O–H groups in total. The van der Waals surface area contributed by atoms with Crippen molar-refractivity contribution in [3.8, 4) is 0 Å². The molecule has 26 nitrogen and oxygen atoms in total. The van der Waals surface area contributed by atoms with E-state index in [0.717, 1.165) is 16.7 Å². The zero-order chi connectivity index (χ0) is 54.4. The van der Waals surface area contributed by atoms with Gasteiger partial charge in [-0.1, -0.05) is 62.4 Å². The number of aliphatic carboxylic acids is 1. The van der Waals surface area contributed by atoms with Crippen molar-refractivity contribution in [3.05, 3.63) is 89.6 Å². The first-order valence-electron chi connectivity index (χ1n) is 23.8. The molecular weight excluding hydrogens is 999 g/mol. The number of anilines is 1. The standard InChI is InChI=1S/C48H64N12O13S.H3N/c1-30(2)25-37(47(69)58-57-44(66)34-18-20-40(50-26-34)56-52-27-33-13-7-8-16-39(33)74(71,72)73)55-46(68)36(19-17-32-11-5-4-6-12-32)53-41(62)28-51-45(67)35(14-9-22-49)54-48(70)38-15-10-23-60(38)42(63)29-59(31(3)61)24-21-43(64)65;/h4-8,11-13,16,18,20,26-27,30,35-38H,9-10,14-15,17,19,21-25,28-29,49H2,1-3H3,(H,50,56)(H,51,67)(H,53,62)(H,54,70)(H,55,68)(H,57,66)(H,58,69)(H,64,65)(H,71,72,73);1H3/b52-27+;/t35-,36-,37-,38-;/m0./s1. The molecule has 75 heavy (non-hydrogen) atoms. The van der Waals surface area contributed by atoms with Crippen molar-refractivity contribution in [2.24, 2.45) is 16.8 Å². The molecule has 1 aliphatic heterocycles. The normalized spacial score (nSPS) is 14.3. The number of nitrogens with one attached hydrogen (secondary N) is 7. The SMILES string of the molecule is CC(=O)N(CCC(=O)O)CC(=O)N1CCC[C@H]1C(=O)N[C@@H](CCCN)C(=O)NCC(=O)N[C@@H](CCc1ccccc1)C(=O)N[C@@H](CC(C)C)C(=O)NNC(=O)c1ccc(N/N=C/c2ccccc2S(=O)(=O)O)nc1.N. The van der Waals surface area contributed by atoms with E-state index in [1.54, 1.807) is 18.2 Å². The van der Waals surface area contributed by atoms with Crippen molar-refractivity contribution in [1.29, 1.82) is 0 Å². The number of carbonyl (C=O) groups is 9. The van der Waals surface area contributed by atoms with Gasteiger partial charge in [0.2, 0.25) is 35.4 Å². The van der Waals surface area contributed by atoms with Crippen molar-refractivity contribution in [3.63, 3.8) is 0 Å². The molecule has 0 radical (unpaired) electrons. The first kappa shape index (κ1) is 61.4. The zero-order valence-corrected chi connectivity index (χ0v) is 42.8. The second kappa shape index (κ2) is 30.3. The monoisotopic (exact) mass is 1070 g/mol. The van der Waals surface area contributed by atoms with Crippen LogP contribution in [0.15, 0.2) is 82.9 Å².